The maximum atomic E-state index is 11.5. The minimum Gasteiger partial charge on any atom is -0.478 e. The van der Waals surface area contributed by atoms with Crippen LogP contribution in [0.5, 0.6) is 0 Å². The first kappa shape index (κ1) is 17.3. The topological polar surface area (TPSA) is 82.1 Å². The molecule has 108 valence electrons. The summed E-state index contributed by atoms with van der Waals surface area (Å²) in [6.45, 7) is 7.19. The van der Waals surface area contributed by atoms with Crippen LogP contribution in [-0.2, 0) is 23.8 Å². The van der Waals surface area contributed by atoms with E-state index in [9.17, 15) is 9.59 Å². The van der Waals surface area contributed by atoms with Crippen molar-refractivity contribution in [1.29, 1.82) is 0 Å². The Labute approximate surface area is 112 Å². The molecule has 19 heavy (non-hydrogen) atoms. The highest BCUT2D eigenvalue weighted by Gasteiger charge is 2.13. The third kappa shape index (κ3) is 7.38. The number of hydrogen-bond donors (Lipinski definition) is 1. The van der Waals surface area contributed by atoms with Gasteiger partial charge in [0.2, 0.25) is 0 Å². The van der Waals surface area contributed by atoms with Crippen molar-refractivity contribution in [2.24, 2.45) is 0 Å². The first-order valence-electron chi connectivity index (χ1n) is 5.81. The molecule has 0 amide bonds. The highest BCUT2D eigenvalue weighted by atomic mass is 16.7. The van der Waals surface area contributed by atoms with Gasteiger partial charge in [0.1, 0.15) is 6.61 Å². The Morgan fingerprint density at radius 3 is 2.53 bits per heavy atom. The Morgan fingerprint density at radius 1 is 1.42 bits per heavy atom. The molecular formula is C13H20O6. The molecule has 0 saturated heterocycles. The van der Waals surface area contributed by atoms with E-state index in [-0.39, 0.29) is 24.2 Å². The number of carbonyl (C=O) groups excluding carboxylic acids is 1. The van der Waals surface area contributed by atoms with Crippen LogP contribution in [-0.4, -0.2) is 43.7 Å². The molecule has 6 nitrogen and oxygen atoms in total. The highest BCUT2D eigenvalue weighted by molar-refractivity contribution is 5.89. The number of ether oxygens (including phenoxy) is 3. The molecule has 0 rings (SSSR count). The van der Waals surface area contributed by atoms with Gasteiger partial charge in [-0.3, -0.25) is 0 Å². The zero-order valence-corrected chi connectivity index (χ0v) is 11.5. The van der Waals surface area contributed by atoms with E-state index in [0.29, 0.717) is 6.61 Å². The molecule has 0 spiro atoms. The molecule has 1 atom stereocenters. The molecule has 0 fully saturated rings. The number of aliphatic carboxylic acids is 1. The summed E-state index contributed by atoms with van der Waals surface area (Å²) < 4.78 is 15.0. The Hall–Kier alpha value is -1.66. The number of methoxy groups -OCH3 is 1. The molecule has 0 aliphatic carbocycles. The van der Waals surface area contributed by atoms with E-state index in [0.717, 1.165) is 0 Å². The molecule has 1 unspecified atom stereocenters. The van der Waals surface area contributed by atoms with Crippen molar-refractivity contribution in [3.05, 3.63) is 23.8 Å². The van der Waals surface area contributed by atoms with Gasteiger partial charge in [-0.25, -0.2) is 9.59 Å². The third-order valence-corrected chi connectivity index (χ3v) is 2.25. The second-order valence-corrected chi connectivity index (χ2v) is 3.72. The highest BCUT2D eigenvalue weighted by Crippen LogP contribution is 2.06. The zero-order valence-electron chi connectivity index (χ0n) is 11.5. The van der Waals surface area contributed by atoms with Crippen LogP contribution >= 0.6 is 0 Å². The summed E-state index contributed by atoms with van der Waals surface area (Å²) in [5, 5.41) is 8.65. The van der Waals surface area contributed by atoms with Crippen LogP contribution in [0.3, 0.4) is 0 Å². The summed E-state index contributed by atoms with van der Waals surface area (Å²) in [5.74, 6) is -1.63. The largest absolute Gasteiger partial charge is 0.478 e. The Kier molecular flexibility index (Phi) is 8.48. The lowest BCUT2D eigenvalue weighted by atomic mass is 10.1. The molecule has 0 bridgehead atoms. The summed E-state index contributed by atoms with van der Waals surface area (Å²) in [7, 11) is 1.45. The van der Waals surface area contributed by atoms with Crippen LogP contribution in [0, 0.1) is 0 Å². The fourth-order valence-corrected chi connectivity index (χ4v) is 1.06. The lowest BCUT2D eigenvalue weighted by Crippen LogP contribution is -2.24. The van der Waals surface area contributed by atoms with Crippen molar-refractivity contribution in [3.63, 3.8) is 0 Å². The minimum atomic E-state index is -1.03. The van der Waals surface area contributed by atoms with Gasteiger partial charge in [-0.1, -0.05) is 12.7 Å². The minimum absolute atomic E-state index is 0.0379. The normalized spacial score (nSPS) is 12.9. The molecule has 0 aromatic carbocycles. The van der Waals surface area contributed by atoms with Crippen molar-refractivity contribution >= 4 is 11.9 Å². The molecule has 0 radical (unpaired) electrons. The molecule has 0 aliphatic heterocycles. The van der Waals surface area contributed by atoms with Gasteiger partial charge in [0, 0.05) is 24.9 Å². The fraction of sp³-hybridized carbons (Fsp3) is 0.538. The van der Waals surface area contributed by atoms with E-state index in [1.54, 1.807) is 6.92 Å². The molecule has 6 heteroatoms. The van der Waals surface area contributed by atoms with E-state index < -0.39 is 18.2 Å². The SMILES string of the molecule is C=C(CC=C(C)C(=O)O)C(=O)OCC(OC)OCC. The number of rotatable bonds is 9. The van der Waals surface area contributed by atoms with E-state index in [1.165, 1.54) is 20.1 Å². The van der Waals surface area contributed by atoms with Crippen molar-refractivity contribution < 1.29 is 28.9 Å². The number of esters is 1. The molecule has 0 aliphatic rings. The van der Waals surface area contributed by atoms with Gasteiger partial charge in [-0.05, 0) is 20.3 Å². The smallest absolute Gasteiger partial charge is 0.333 e. The van der Waals surface area contributed by atoms with Crippen LogP contribution in [0.15, 0.2) is 23.8 Å². The van der Waals surface area contributed by atoms with Crippen molar-refractivity contribution in [2.75, 3.05) is 20.3 Å². The van der Waals surface area contributed by atoms with Gasteiger partial charge in [-0.2, -0.15) is 0 Å². The van der Waals surface area contributed by atoms with E-state index in [4.69, 9.17) is 19.3 Å². The second-order valence-electron chi connectivity index (χ2n) is 3.72. The lowest BCUT2D eigenvalue weighted by molar-refractivity contribution is -0.169. The predicted molar refractivity (Wildman–Crippen MR) is 68.5 cm³/mol. The standard InChI is InChI=1S/C13H20O6/c1-5-18-11(17-4)8-19-13(16)10(3)7-6-9(2)12(14)15/h6,11H,3,5,7-8H2,1-2,4H3,(H,14,15). The molecule has 0 aromatic heterocycles. The monoisotopic (exact) mass is 272 g/mol. The molecule has 0 aromatic rings. The van der Waals surface area contributed by atoms with Crippen molar-refractivity contribution in [3.8, 4) is 0 Å². The van der Waals surface area contributed by atoms with Crippen molar-refractivity contribution in [1.82, 2.24) is 0 Å². The van der Waals surface area contributed by atoms with Gasteiger partial charge >= 0.3 is 11.9 Å². The number of carbonyl (C=O) groups is 2. The first-order valence-corrected chi connectivity index (χ1v) is 5.81. The van der Waals surface area contributed by atoms with Gasteiger partial charge in [0.15, 0.2) is 6.29 Å². The Balaban J connectivity index is 4.17. The van der Waals surface area contributed by atoms with Crippen molar-refractivity contribution in [2.45, 2.75) is 26.6 Å². The first-order chi connectivity index (χ1) is 8.92. The zero-order chi connectivity index (χ0) is 14.8. The summed E-state index contributed by atoms with van der Waals surface area (Å²) in [5.41, 5.74) is 0.324. The second kappa shape index (κ2) is 9.29. The Morgan fingerprint density at radius 2 is 2.05 bits per heavy atom. The Bertz CT molecular complexity index is 358. The third-order valence-electron chi connectivity index (χ3n) is 2.25. The van der Waals surface area contributed by atoms with Crippen LogP contribution in [0.4, 0.5) is 0 Å². The lowest BCUT2D eigenvalue weighted by Gasteiger charge is -2.15. The molecule has 1 N–H and O–H groups in total. The van der Waals surface area contributed by atoms with E-state index in [1.807, 2.05) is 0 Å². The average Bonchev–Trinajstić information content (AvgIpc) is 2.39. The van der Waals surface area contributed by atoms with Crippen LogP contribution in [0.1, 0.15) is 20.3 Å². The van der Waals surface area contributed by atoms with Gasteiger partial charge < -0.3 is 19.3 Å². The van der Waals surface area contributed by atoms with Crippen LogP contribution in [0.2, 0.25) is 0 Å². The van der Waals surface area contributed by atoms with Gasteiger partial charge in [-0.15, -0.1) is 0 Å². The number of allylic oxidation sites excluding steroid dienone is 1. The predicted octanol–water partition coefficient (Wildman–Crippen LogP) is 1.52. The van der Waals surface area contributed by atoms with Crippen LogP contribution in [0.25, 0.3) is 0 Å². The molecule has 0 heterocycles. The quantitative estimate of drug-likeness (QED) is 0.389. The summed E-state index contributed by atoms with van der Waals surface area (Å²) in [6, 6.07) is 0. The van der Waals surface area contributed by atoms with E-state index >= 15 is 0 Å². The average molecular weight is 272 g/mol. The van der Waals surface area contributed by atoms with E-state index in [2.05, 4.69) is 6.58 Å². The summed E-state index contributed by atoms with van der Waals surface area (Å²) in [6.07, 6.45) is 0.920. The summed E-state index contributed by atoms with van der Waals surface area (Å²) >= 11 is 0. The fourth-order valence-electron chi connectivity index (χ4n) is 1.06. The number of carboxylic acid groups (broad SMARTS) is 1. The van der Waals surface area contributed by atoms with Gasteiger partial charge in [0.05, 0.1) is 0 Å². The maximum Gasteiger partial charge on any atom is 0.333 e. The molecular weight excluding hydrogens is 252 g/mol. The molecule has 0 saturated carbocycles. The maximum absolute atomic E-state index is 11.5. The number of carboxylic acids is 1. The summed E-state index contributed by atoms with van der Waals surface area (Å²) in [4.78, 5) is 22.1. The van der Waals surface area contributed by atoms with Crippen LogP contribution < -0.4 is 0 Å². The van der Waals surface area contributed by atoms with Gasteiger partial charge in [0.25, 0.3) is 0 Å². The number of hydrogen-bond acceptors (Lipinski definition) is 5.